The topological polar surface area (TPSA) is 77.1 Å². The van der Waals surface area contributed by atoms with E-state index in [4.69, 9.17) is 14.2 Å². The van der Waals surface area contributed by atoms with Gasteiger partial charge in [-0.3, -0.25) is 9.59 Å². The first-order valence-electron chi connectivity index (χ1n) is 10.8. The Balaban J connectivity index is 1.69. The molecule has 0 radical (unpaired) electrons. The van der Waals surface area contributed by atoms with Gasteiger partial charge >= 0.3 is 0 Å². The molecule has 1 aromatic carbocycles. The summed E-state index contributed by atoms with van der Waals surface area (Å²) in [6.45, 7) is 8.21. The van der Waals surface area contributed by atoms with Crippen LogP contribution in [0.4, 0.5) is 0 Å². The van der Waals surface area contributed by atoms with Crippen molar-refractivity contribution in [3.8, 4) is 17.2 Å². The van der Waals surface area contributed by atoms with Crippen molar-refractivity contribution in [2.24, 2.45) is 0 Å². The molecule has 1 aliphatic rings. The van der Waals surface area contributed by atoms with Crippen molar-refractivity contribution in [1.29, 1.82) is 0 Å². The zero-order valence-electron chi connectivity index (χ0n) is 18.3. The maximum absolute atomic E-state index is 13.2. The number of amides is 2. The molecule has 8 heteroatoms. The number of nitrogens with one attached hydrogen (secondary N) is 1. The summed E-state index contributed by atoms with van der Waals surface area (Å²) >= 11 is 1.43. The molecule has 7 nitrogen and oxygen atoms in total. The third-order valence-electron chi connectivity index (χ3n) is 5.02. The SMILES string of the molecule is CCOc1cc(C(=O)N2CCC(NC(=O)c3cccs3)CC2)cc(OCC)c1OCC. The number of benzene rings is 1. The van der Waals surface area contributed by atoms with Gasteiger partial charge in [-0.1, -0.05) is 6.07 Å². The first-order chi connectivity index (χ1) is 15.1. The smallest absolute Gasteiger partial charge is 0.261 e. The van der Waals surface area contributed by atoms with Crippen molar-refractivity contribution < 1.29 is 23.8 Å². The minimum atomic E-state index is -0.0759. The van der Waals surface area contributed by atoms with E-state index < -0.39 is 0 Å². The molecular formula is C23H30N2O5S. The number of carbonyl (C=O) groups is 2. The van der Waals surface area contributed by atoms with Crippen LogP contribution in [0.1, 0.15) is 53.6 Å². The van der Waals surface area contributed by atoms with E-state index in [9.17, 15) is 9.59 Å². The summed E-state index contributed by atoms with van der Waals surface area (Å²) in [5.74, 6) is 1.42. The third-order valence-corrected chi connectivity index (χ3v) is 5.89. The van der Waals surface area contributed by atoms with Crippen molar-refractivity contribution in [2.75, 3.05) is 32.9 Å². The quantitative estimate of drug-likeness (QED) is 0.631. The number of nitrogens with zero attached hydrogens (tertiary/aromatic N) is 1. The normalized spacial score (nSPS) is 14.2. The van der Waals surface area contributed by atoms with E-state index in [0.29, 0.717) is 60.6 Å². The van der Waals surface area contributed by atoms with E-state index in [1.54, 1.807) is 12.1 Å². The highest BCUT2D eigenvalue weighted by Crippen LogP contribution is 2.39. The summed E-state index contributed by atoms with van der Waals surface area (Å²) in [7, 11) is 0. The molecule has 0 unspecified atom stereocenters. The molecular weight excluding hydrogens is 416 g/mol. The predicted molar refractivity (Wildman–Crippen MR) is 121 cm³/mol. The van der Waals surface area contributed by atoms with Gasteiger partial charge in [-0.25, -0.2) is 0 Å². The lowest BCUT2D eigenvalue weighted by molar-refractivity contribution is 0.0697. The highest BCUT2D eigenvalue weighted by Gasteiger charge is 2.27. The lowest BCUT2D eigenvalue weighted by Gasteiger charge is -2.32. The Hall–Kier alpha value is -2.74. The van der Waals surface area contributed by atoms with Gasteiger partial charge in [-0.15, -0.1) is 11.3 Å². The second-order valence-electron chi connectivity index (χ2n) is 7.12. The van der Waals surface area contributed by atoms with E-state index in [-0.39, 0.29) is 17.9 Å². The Labute approximate surface area is 187 Å². The van der Waals surface area contributed by atoms with Crippen LogP contribution in [0.5, 0.6) is 17.2 Å². The standard InChI is InChI=1S/C23H30N2O5S/c1-4-28-18-14-16(15-19(29-5-2)21(18)30-6-3)23(27)25-11-9-17(10-12-25)24-22(26)20-8-7-13-31-20/h7-8,13-15,17H,4-6,9-12H2,1-3H3,(H,24,26). The van der Waals surface area contributed by atoms with Gasteiger partial charge in [0.15, 0.2) is 11.5 Å². The highest BCUT2D eigenvalue weighted by molar-refractivity contribution is 7.12. The molecule has 0 saturated carbocycles. The van der Waals surface area contributed by atoms with E-state index in [0.717, 1.165) is 12.8 Å². The Bertz CT molecular complexity index is 849. The van der Waals surface area contributed by atoms with Crippen LogP contribution in [0, 0.1) is 0 Å². The van der Waals surface area contributed by atoms with Crippen LogP contribution in [0.25, 0.3) is 0 Å². The van der Waals surface area contributed by atoms with Crippen LogP contribution in [0.2, 0.25) is 0 Å². The second-order valence-corrected chi connectivity index (χ2v) is 8.07. The first-order valence-corrected chi connectivity index (χ1v) is 11.6. The van der Waals surface area contributed by atoms with Gasteiger partial charge in [0.25, 0.3) is 11.8 Å². The third kappa shape index (κ3) is 5.70. The predicted octanol–water partition coefficient (Wildman–Crippen LogP) is 3.98. The first kappa shape index (κ1) is 22.9. The van der Waals surface area contributed by atoms with Crippen molar-refractivity contribution >= 4 is 23.2 Å². The fourth-order valence-corrected chi connectivity index (χ4v) is 4.21. The number of carbonyl (C=O) groups excluding carboxylic acids is 2. The van der Waals surface area contributed by atoms with E-state index in [1.807, 2.05) is 43.2 Å². The number of rotatable bonds is 9. The summed E-state index contributed by atoms with van der Waals surface area (Å²) < 4.78 is 17.2. The summed E-state index contributed by atoms with van der Waals surface area (Å²) in [5.41, 5.74) is 0.511. The number of hydrogen-bond acceptors (Lipinski definition) is 6. The van der Waals surface area contributed by atoms with Crippen LogP contribution in [0.15, 0.2) is 29.6 Å². The number of thiophene rings is 1. The Morgan fingerprint density at radius 2 is 1.65 bits per heavy atom. The van der Waals surface area contributed by atoms with E-state index in [2.05, 4.69) is 5.32 Å². The highest BCUT2D eigenvalue weighted by atomic mass is 32.1. The molecule has 168 valence electrons. The lowest BCUT2D eigenvalue weighted by atomic mass is 10.0. The fraction of sp³-hybridized carbons (Fsp3) is 0.478. The zero-order chi connectivity index (χ0) is 22.2. The molecule has 0 atom stereocenters. The van der Waals surface area contributed by atoms with Crippen LogP contribution in [0.3, 0.4) is 0 Å². The van der Waals surface area contributed by atoms with Crippen LogP contribution >= 0.6 is 11.3 Å². The molecule has 31 heavy (non-hydrogen) atoms. The maximum atomic E-state index is 13.2. The Morgan fingerprint density at radius 3 is 2.16 bits per heavy atom. The van der Waals surface area contributed by atoms with Gasteiger partial charge in [0, 0.05) is 24.7 Å². The summed E-state index contributed by atoms with van der Waals surface area (Å²) in [4.78, 5) is 28.0. The molecule has 3 rings (SSSR count). The Kier molecular flexibility index (Phi) is 8.17. The minimum absolute atomic E-state index is 0.0472. The lowest BCUT2D eigenvalue weighted by Crippen LogP contribution is -2.46. The molecule has 0 aliphatic carbocycles. The van der Waals surface area contributed by atoms with E-state index in [1.165, 1.54) is 11.3 Å². The fourth-order valence-electron chi connectivity index (χ4n) is 3.59. The second kappa shape index (κ2) is 11.0. The number of likely N-dealkylation sites (tertiary alicyclic amines) is 1. The van der Waals surface area contributed by atoms with E-state index >= 15 is 0 Å². The number of hydrogen-bond donors (Lipinski definition) is 1. The number of ether oxygens (including phenoxy) is 3. The molecule has 1 N–H and O–H groups in total. The van der Waals surface area contributed by atoms with Gasteiger partial charge < -0.3 is 24.4 Å². The van der Waals surface area contributed by atoms with Crippen LogP contribution in [-0.4, -0.2) is 55.7 Å². The molecule has 0 spiro atoms. The molecule has 1 fully saturated rings. The molecule has 2 amide bonds. The van der Waals surface area contributed by atoms with Crippen LogP contribution in [-0.2, 0) is 0 Å². The molecule has 1 aliphatic heterocycles. The molecule has 0 bridgehead atoms. The van der Waals surface area contributed by atoms with Crippen molar-refractivity contribution in [1.82, 2.24) is 10.2 Å². The molecule has 1 aromatic heterocycles. The number of piperidine rings is 1. The van der Waals surface area contributed by atoms with Crippen LogP contribution < -0.4 is 19.5 Å². The van der Waals surface area contributed by atoms with Gasteiger partial charge in [0.05, 0.1) is 24.7 Å². The van der Waals surface area contributed by atoms with Gasteiger partial charge in [0.1, 0.15) is 0 Å². The minimum Gasteiger partial charge on any atom is -0.490 e. The largest absolute Gasteiger partial charge is 0.490 e. The monoisotopic (exact) mass is 446 g/mol. The average Bonchev–Trinajstić information content (AvgIpc) is 3.31. The Morgan fingerprint density at radius 1 is 1.03 bits per heavy atom. The van der Waals surface area contributed by atoms with Crippen molar-refractivity contribution in [3.63, 3.8) is 0 Å². The molecule has 1 saturated heterocycles. The van der Waals surface area contributed by atoms with Crippen molar-refractivity contribution in [2.45, 2.75) is 39.7 Å². The zero-order valence-corrected chi connectivity index (χ0v) is 19.1. The average molecular weight is 447 g/mol. The van der Waals surface area contributed by atoms with Gasteiger partial charge in [-0.2, -0.15) is 0 Å². The van der Waals surface area contributed by atoms with Gasteiger partial charge in [0.2, 0.25) is 5.75 Å². The molecule has 2 aromatic rings. The molecule has 2 heterocycles. The maximum Gasteiger partial charge on any atom is 0.261 e. The van der Waals surface area contributed by atoms with Crippen molar-refractivity contribution in [3.05, 3.63) is 40.1 Å². The summed E-state index contributed by atoms with van der Waals surface area (Å²) in [6, 6.07) is 7.20. The van der Waals surface area contributed by atoms with Gasteiger partial charge in [-0.05, 0) is 57.2 Å². The summed E-state index contributed by atoms with van der Waals surface area (Å²) in [5, 5.41) is 4.96. The summed E-state index contributed by atoms with van der Waals surface area (Å²) in [6.07, 6.45) is 1.44.